The van der Waals surface area contributed by atoms with E-state index >= 15 is 0 Å². The third-order valence-electron chi connectivity index (χ3n) is 2.64. The van der Waals surface area contributed by atoms with Crippen LogP contribution in [0.5, 0.6) is 0 Å². The van der Waals surface area contributed by atoms with E-state index in [0.29, 0.717) is 6.04 Å². The Morgan fingerprint density at radius 2 is 2.31 bits per heavy atom. The molecule has 74 valence electrons. The molecule has 2 nitrogen and oxygen atoms in total. The summed E-state index contributed by atoms with van der Waals surface area (Å²) in [5.41, 5.74) is 0. The Bertz CT molecular complexity index is 188. The first-order chi connectivity index (χ1) is 6.26. The molecule has 0 radical (unpaired) electrons. The van der Waals surface area contributed by atoms with E-state index in [0.717, 1.165) is 5.25 Å². The summed E-state index contributed by atoms with van der Waals surface area (Å²) < 4.78 is 0. The van der Waals surface area contributed by atoms with Gasteiger partial charge in [0.05, 0.1) is 12.1 Å². The lowest BCUT2D eigenvalue weighted by atomic mass is 9.94. The van der Waals surface area contributed by atoms with E-state index in [9.17, 15) is 0 Å². The molecule has 13 heavy (non-hydrogen) atoms. The van der Waals surface area contributed by atoms with E-state index < -0.39 is 0 Å². The van der Waals surface area contributed by atoms with Crippen LogP contribution in [0.1, 0.15) is 32.6 Å². The van der Waals surface area contributed by atoms with Crippen LogP contribution in [0.25, 0.3) is 0 Å². The van der Waals surface area contributed by atoms with Gasteiger partial charge in [0.15, 0.2) is 0 Å². The Kier molecular flexibility index (Phi) is 4.61. The third-order valence-corrected chi connectivity index (χ3v) is 3.73. The minimum absolute atomic E-state index is 0.00519. The van der Waals surface area contributed by atoms with E-state index in [1.165, 1.54) is 25.7 Å². The summed E-state index contributed by atoms with van der Waals surface area (Å²) in [6.07, 6.45) is 7.30. The average molecular weight is 198 g/mol. The number of rotatable bonds is 3. The van der Waals surface area contributed by atoms with Crippen molar-refractivity contribution in [2.45, 2.75) is 49.9 Å². The molecule has 0 amide bonds. The second-order valence-electron chi connectivity index (χ2n) is 3.74. The van der Waals surface area contributed by atoms with Gasteiger partial charge >= 0.3 is 0 Å². The predicted molar refractivity (Wildman–Crippen MR) is 57.8 cm³/mol. The van der Waals surface area contributed by atoms with E-state index in [4.69, 9.17) is 5.26 Å². The van der Waals surface area contributed by atoms with Gasteiger partial charge in [-0.05, 0) is 32.4 Å². The highest BCUT2D eigenvalue weighted by Gasteiger charge is 2.21. The minimum Gasteiger partial charge on any atom is -0.299 e. The number of thioether (sulfide) groups is 1. The minimum atomic E-state index is 0.00519. The summed E-state index contributed by atoms with van der Waals surface area (Å²) in [6.45, 7) is 1.93. The van der Waals surface area contributed by atoms with Gasteiger partial charge < -0.3 is 0 Å². The molecule has 1 saturated carbocycles. The number of nitriles is 1. The first-order valence-corrected chi connectivity index (χ1v) is 6.23. The summed E-state index contributed by atoms with van der Waals surface area (Å²) in [5.74, 6) is 0. The second-order valence-corrected chi connectivity index (χ2v) is 4.88. The van der Waals surface area contributed by atoms with Crippen LogP contribution in [0.2, 0.25) is 0 Å². The summed E-state index contributed by atoms with van der Waals surface area (Å²) in [4.78, 5) is 0. The summed E-state index contributed by atoms with van der Waals surface area (Å²) >= 11 is 1.96. The molecule has 1 N–H and O–H groups in total. The quantitative estimate of drug-likeness (QED) is 0.755. The zero-order chi connectivity index (χ0) is 9.68. The maximum atomic E-state index is 8.67. The molecule has 0 spiro atoms. The van der Waals surface area contributed by atoms with Crippen LogP contribution in [0, 0.1) is 11.3 Å². The van der Waals surface area contributed by atoms with Crippen LogP contribution in [0.3, 0.4) is 0 Å². The first kappa shape index (κ1) is 10.9. The van der Waals surface area contributed by atoms with Gasteiger partial charge in [-0.15, -0.1) is 0 Å². The lowest BCUT2D eigenvalue weighted by Gasteiger charge is -2.29. The van der Waals surface area contributed by atoms with Crippen molar-refractivity contribution < 1.29 is 0 Å². The van der Waals surface area contributed by atoms with Crippen LogP contribution in [-0.2, 0) is 0 Å². The van der Waals surface area contributed by atoms with Gasteiger partial charge in [0.2, 0.25) is 0 Å². The van der Waals surface area contributed by atoms with Gasteiger partial charge in [-0.3, -0.25) is 5.32 Å². The second kappa shape index (κ2) is 5.51. The van der Waals surface area contributed by atoms with Gasteiger partial charge in [0, 0.05) is 11.3 Å². The highest BCUT2D eigenvalue weighted by Crippen LogP contribution is 2.26. The molecule has 0 aromatic heterocycles. The highest BCUT2D eigenvalue weighted by molar-refractivity contribution is 7.99. The van der Waals surface area contributed by atoms with Gasteiger partial charge in [-0.2, -0.15) is 17.0 Å². The van der Waals surface area contributed by atoms with Gasteiger partial charge in [-0.1, -0.05) is 6.42 Å². The van der Waals surface area contributed by atoms with Crippen LogP contribution < -0.4 is 5.32 Å². The van der Waals surface area contributed by atoms with Crippen LogP contribution in [0.15, 0.2) is 0 Å². The maximum Gasteiger partial charge on any atom is 0.0926 e. The predicted octanol–water partition coefficient (Wildman–Crippen LogP) is 2.16. The molecule has 3 unspecified atom stereocenters. The van der Waals surface area contributed by atoms with Crippen LogP contribution in [-0.4, -0.2) is 23.6 Å². The molecular formula is C10H18N2S. The third kappa shape index (κ3) is 3.58. The normalized spacial score (nSPS) is 30.8. The fourth-order valence-corrected chi connectivity index (χ4v) is 2.73. The largest absolute Gasteiger partial charge is 0.299 e. The molecule has 1 aliphatic rings. The van der Waals surface area contributed by atoms with E-state index in [1.54, 1.807) is 0 Å². The Morgan fingerprint density at radius 1 is 1.54 bits per heavy atom. The molecule has 1 fully saturated rings. The highest BCUT2D eigenvalue weighted by atomic mass is 32.2. The monoisotopic (exact) mass is 198 g/mol. The molecule has 0 heterocycles. The molecule has 0 aromatic carbocycles. The Hall–Kier alpha value is -0.200. The lowest BCUT2D eigenvalue weighted by Crippen LogP contribution is -2.39. The number of hydrogen-bond donors (Lipinski definition) is 1. The number of hydrogen-bond acceptors (Lipinski definition) is 3. The summed E-state index contributed by atoms with van der Waals surface area (Å²) in [5, 5.41) is 12.8. The van der Waals surface area contributed by atoms with Crippen molar-refractivity contribution in [2.75, 3.05) is 6.26 Å². The van der Waals surface area contributed by atoms with Gasteiger partial charge in [0.25, 0.3) is 0 Å². The Labute approximate surface area is 85.1 Å². The SMILES string of the molecule is CSC1CCCC(NC(C)C#N)C1. The maximum absolute atomic E-state index is 8.67. The van der Waals surface area contributed by atoms with Crippen LogP contribution in [0.4, 0.5) is 0 Å². The molecule has 1 rings (SSSR count). The molecule has 0 aromatic rings. The van der Waals surface area contributed by atoms with E-state index in [1.807, 2.05) is 18.7 Å². The van der Waals surface area contributed by atoms with Gasteiger partial charge in [-0.25, -0.2) is 0 Å². The molecule has 0 saturated heterocycles. The topological polar surface area (TPSA) is 35.8 Å². The van der Waals surface area contributed by atoms with Crippen LogP contribution >= 0.6 is 11.8 Å². The molecule has 0 aliphatic heterocycles. The summed E-state index contributed by atoms with van der Waals surface area (Å²) in [6, 6.07) is 2.80. The zero-order valence-electron chi connectivity index (χ0n) is 8.42. The van der Waals surface area contributed by atoms with Crippen molar-refractivity contribution in [1.82, 2.24) is 5.32 Å². The van der Waals surface area contributed by atoms with E-state index in [2.05, 4.69) is 17.6 Å². The Morgan fingerprint density at radius 3 is 2.92 bits per heavy atom. The Balaban J connectivity index is 2.30. The standard InChI is InChI=1S/C10H18N2S/c1-8(7-11)12-9-4-3-5-10(6-9)13-2/h8-10,12H,3-6H2,1-2H3. The van der Waals surface area contributed by atoms with Crippen molar-refractivity contribution in [3.63, 3.8) is 0 Å². The zero-order valence-corrected chi connectivity index (χ0v) is 9.23. The number of nitrogens with one attached hydrogen (secondary N) is 1. The number of nitrogens with zero attached hydrogens (tertiary/aromatic N) is 1. The first-order valence-electron chi connectivity index (χ1n) is 4.94. The smallest absolute Gasteiger partial charge is 0.0926 e. The average Bonchev–Trinajstić information content (AvgIpc) is 2.18. The fraction of sp³-hybridized carbons (Fsp3) is 0.900. The van der Waals surface area contributed by atoms with Crippen molar-refractivity contribution >= 4 is 11.8 Å². The lowest BCUT2D eigenvalue weighted by molar-refractivity contribution is 0.371. The van der Waals surface area contributed by atoms with Gasteiger partial charge in [0.1, 0.15) is 0 Å². The molecule has 3 heteroatoms. The molecule has 1 aliphatic carbocycles. The molecule has 3 atom stereocenters. The van der Waals surface area contributed by atoms with Crippen molar-refractivity contribution in [2.24, 2.45) is 0 Å². The van der Waals surface area contributed by atoms with Crippen molar-refractivity contribution in [3.8, 4) is 6.07 Å². The van der Waals surface area contributed by atoms with Crippen molar-refractivity contribution in [3.05, 3.63) is 0 Å². The van der Waals surface area contributed by atoms with E-state index in [-0.39, 0.29) is 6.04 Å². The fourth-order valence-electron chi connectivity index (χ4n) is 1.90. The molecule has 0 bridgehead atoms. The van der Waals surface area contributed by atoms with Crippen molar-refractivity contribution in [1.29, 1.82) is 5.26 Å². The summed E-state index contributed by atoms with van der Waals surface area (Å²) in [7, 11) is 0. The molecular weight excluding hydrogens is 180 g/mol.